The number of carbonyl (C=O) groups excluding carboxylic acids is 1. The van der Waals surface area contributed by atoms with Crippen LogP contribution in [0.2, 0.25) is 0 Å². The van der Waals surface area contributed by atoms with E-state index in [9.17, 15) is 4.79 Å². The molecular formula is C19H25N3O3. The first-order valence-electron chi connectivity index (χ1n) is 8.57. The van der Waals surface area contributed by atoms with Gasteiger partial charge in [-0.05, 0) is 24.6 Å². The minimum atomic E-state index is -0.385. The average molecular weight is 343 g/mol. The molecule has 0 radical (unpaired) electrons. The Bertz CT molecular complexity index is 697. The highest BCUT2D eigenvalue weighted by Gasteiger charge is 2.48. The average Bonchev–Trinajstić information content (AvgIpc) is 3.29. The minimum Gasteiger partial charge on any atom is -0.359 e. The lowest BCUT2D eigenvalue weighted by molar-refractivity contribution is -0.0250. The molecule has 6 heteroatoms. The Kier molecular flexibility index (Phi) is 5.53. The maximum atomic E-state index is 12.6. The zero-order valence-corrected chi connectivity index (χ0v) is 14.8. The highest BCUT2D eigenvalue weighted by atomic mass is 16.7. The van der Waals surface area contributed by atoms with Crippen molar-refractivity contribution in [3.63, 3.8) is 0 Å². The van der Waals surface area contributed by atoms with Crippen molar-refractivity contribution in [3.05, 3.63) is 59.9 Å². The molecule has 1 amide bonds. The Labute approximate surface area is 148 Å². The standard InChI is InChI=1S/C15H15N3O.C4H10O2/c19-14-13-7-4-9-17(13)11-15(16-8-10-18(14)15)12-5-2-1-3-6-12;1-3-6-4-5-2/h1-7,9,16H,8,10-11H2;3-4H2,1-2H3. The second-order valence-electron chi connectivity index (χ2n) is 6.03. The van der Waals surface area contributed by atoms with Crippen LogP contribution in [-0.4, -0.2) is 49.0 Å². The summed E-state index contributed by atoms with van der Waals surface area (Å²) in [6, 6.07) is 14.1. The Morgan fingerprint density at radius 3 is 2.68 bits per heavy atom. The molecule has 1 unspecified atom stereocenters. The summed E-state index contributed by atoms with van der Waals surface area (Å²) in [5.74, 6) is 0.116. The number of methoxy groups -OCH3 is 1. The Hall–Kier alpha value is -2.15. The summed E-state index contributed by atoms with van der Waals surface area (Å²) in [5, 5.41) is 3.53. The third kappa shape index (κ3) is 3.33. The van der Waals surface area contributed by atoms with E-state index in [1.165, 1.54) is 0 Å². The summed E-state index contributed by atoms with van der Waals surface area (Å²) in [5.41, 5.74) is 1.56. The maximum absolute atomic E-state index is 12.6. The molecule has 4 rings (SSSR count). The van der Waals surface area contributed by atoms with Crippen LogP contribution in [0.5, 0.6) is 0 Å². The van der Waals surface area contributed by atoms with Crippen molar-refractivity contribution in [1.29, 1.82) is 0 Å². The molecule has 2 aliphatic rings. The number of amides is 1. The van der Waals surface area contributed by atoms with Gasteiger partial charge in [-0.2, -0.15) is 0 Å². The first-order valence-corrected chi connectivity index (χ1v) is 8.57. The molecule has 0 spiro atoms. The molecule has 1 saturated heterocycles. The van der Waals surface area contributed by atoms with Gasteiger partial charge in [0, 0.05) is 33.0 Å². The van der Waals surface area contributed by atoms with E-state index in [0.717, 1.165) is 37.5 Å². The summed E-state index contributed by atoms with van der Waals surface area (Å²) in [7, 11) is 1.61. The van der Waals surface area contributed by atoms with Crippen molar-refractivity contribution in [2.45, 2.75) is 19.1 Å². The molecule has 0 saturated carbocycles. The molecule has 1 N–H and O–H groups in total. The molecule has 2 aliphatic heterocycles. The molecule has 1 aromatic carbocycles. The molecule has 6 nitrogen and oxygen atoms in total. The minimum absolute atomic E-state index is 0.116. The molecular weight excluding hydrogens is 318 g/mol. The van der Waals surface area contributed by atoms with Crippen molar-refractivity contribution in [2.75, 3.05) is 33.6 Å². The Morgan fingerprint density at radius 1 is 1.20 bits per heavy atom. The summed E-state index contributed by atoms with van der Waals surface area (Å²) >= 11 is 0. The van der Waals surface area contributed by atoms with Crippen molar-refractivity contribution >= 4 is 5.91 Å². The van der Waals surface area contributed by atoms with Crippen LogP contribution in [0.4, 0.5) is 0 Å². The van der Waals surface area contributed by atoms with Gasteiger partial charge in [0.2, 0.25) is 0 Å². The van der Waals surface area contributed by atoms with E-state index >= 15 is 0 Å². The SMILES string of the molecule is CCOCOC.O=C1c2cccn2CC2(c3ccccc3)NCCN12. The van der Waals surface area contributed by atoms with E-state index in [2.05, 4.69) is 22.2 Å². The van der Waals surface area contributed by atoms with Crippen molar-refractivity contribution in [1.82, 2.24) is 14.8 Å². The van der Waals surface area contributed by atoms with Gasteiger partial charge < -0.3 is 18.9 Å². The van der Waals surface area contributed by atoms with Crippen LogP contribution >= 0.6 is 0 Å². The lowest BCUT2D eigenvalue weighted by Crippen LogP contribution is -2.57. The normalized spacial score (nSPS) is 21.4. The molecule has 134 valence electrons. The fourth-order valence-electron chi connectivity index (χ4n) is 3.44. The van der Waals surface area contributed by atoms with E-state index in [-0.39, 0.29) is 11.6 Å². The number of hydrogen-bond donors (Lipinski definition) is 1. The van der Waals surface area contributed by atoms with E-state index in [1.54, 1.807) is 7.11 Å². The monoisotopic (exact) mass is 343 g/mol. The van der Waals surface area contributed by atoms with Crippen LogP contribution < -0.4 is 5.32 Å². The summed E-state index contributed by atoms with van der Waals surface area (Å²) in [4.78, 5) is 14.6. The van der Waals surface area contributed by atoms with Gasteiger partial charge in [-0.3, -0.25) is 10.1 Å². The maximum Gasteiger partial charge on any atom is 0.272 e. The number of hydrogen-bond acceptors (Lipinski definition) is 4. The molecule has 3 heterocycles. The van der Waals surface area contributed by atoms with Crippen molar-refractivity contribution in [2.24, 2.45) is 0 Å². The number of benzene rings is 1. The third-order valence-corrected chi connectivity index (χ3v) is 4.56. The fourth-order valence-corrected chi connectivity index (χ4v) is 3.44. The lowest BCUT2D eigenvalue weighted by Gasteiger charge is -2.42. The van der Waals surface area contributed by atoms with Crippen LogP contribution in [0.25, 0.3) is 0 Å². The number of fused-ring (bicyclic) bond motifs is 2. The molecule has 1 fully saturated rings. The van der Waals surface area contributed by atoms with Gasteiger partial charge >= 0.3 is 0 Å². The molecule has 0 aliphatic carbocycles. The van der Waals surface area contributed by atoms with Gasteiger partial charge in [0.15, 0.2) is 0 Å². The van der Waals surface area contributed by atoms with Crippen molar-refractivity contribution < 1.29 is 14.3 Å². The lowest BCUT2D eigenvalue weighted by atomic mass is 9.96. The molecule has 1 aromatic heterocycles. The van der Waals surface area contributed by atoms with Crippen molar-refractivity contribution in [3.8, 4) is 0 Å². The van der Waals surface area contributed by atoms with Crippen LogP contribution in [0.15, 0.2) is 48.7 Å². The highest BCUT2D eigenvalue weighted by molar-refractivity contribution is 5.94. The first kappa shape index (κ1) is 17.7. The van der Waals surface area contributed by atoms with Crippen LogP contribution in [-0.2, 0) is 21.7 Å². The molecule has 2 aromatic rings. The van der Waals surface area contributed by atoms with Gasteiger partial charge in [-0.1, -0.05) is 30.3 Å². The second-order valence-corrected chi connectivity index (χ2v) is 6.03. The number of aromatic nitrogens is 1. The largest absolute Gasteiger partial charge is 0.359 e. The van der Waals surface area contributed by atoms with Gasteiger partial charge in [0.05, 0.1) is 6.54 Å². The first-order chi connectivity index (χ1) is 12.2. The summed E-state index contributed by atoms with van der Waals surface area (Å²) in [6.45, 7) is 5.44. The number of nitrogens with zero attached hydrogens (tertiary/aromatic N) is 2. The fraction of sp³-hybridized carbons (Fsp3) is 0.421. The summed E-state index contributed by atoms with van der Waals surface area (Å²) < 4.78 is 11.4. The molecule has 25 heavy (non-hydrogen) atoms. The predicted molar refractivity (Wildman–Crippen MR) is 95.1 cm³/mol. The predicted octanol–water partition coefficient (Wildman–Crippen LogP) is 2.03. The van der Waals surface area contributed by atoms with E-state index in [1.807, 2.05) is 52.9 Å². The highest BCUT2D eigenvalue weighted by Crippen LogP contribution is 2.36. The summed E-state index contributed by atoms with van der Waals surface area (Å²) in [6.07, 6.45) is 1.98. The van der Waals surface area contributed by atoms with E-state index in [4.69, 9.17) is 4.74 Å². The zero-order valence-electron chi connectivity index (χ0n) is 14.8. The third-order valence-electron chi connectivity index (χ3n) is 4.56. The second kappa shape index (κ2) is 7.82. The molecule has 1 atom stereocenters. The molecule has 0 bridgehead atoms. The zero-order chi connectivity index (χ0) is 17.7. The van der Waals surface area contributed by atoms with Crippen LogP contribution in [0, 0.1) is 0 Å². The van der Waals surface area contributed by atoms with Gasteiger partial charge in [-0.15, -0.1) is 0 Å². The van der Waals surface area contributed by atoms with E-state index in [0.29, 0.717) is 6.79 Å². The Morgan fingerprint density at radius 2 is 2.00 bits per heavy atom. The number of nitrogens with one attached hydrogen (secondary N) is 1. The smallest absolute Gasteiger partial charge is 0.272 e. The van der Waals surface area contributed by atoms with Gasteiger partial charge in [0.1, 0.15) is 18.1 Å². The quantitative estimate of drug-likeness (QED) is 0.682. The van der Waals surface area contributed by atoms with Gasteiger partial charge in [0.25, 0.3) is 5.91 Å². The Balaban J connectivity index is 0.000000265. The van der Waals surface area contributed by atoms with E-state index < -0.39 is 0 Å². The van der Waals surface area contributed by atoms with Crippen LogP contribution in [0.1, 0.15) is 23.0 Å². The number of ether oxygens (including phenoxy) is 2. The van der Waals surface area contributed by atoms with Crippen LogP contribution in [0.3, 0.4) is 0 Å². The number of rotatable bonds is 4. The topological polar surface area (TPSA) is 55.7 Å². The van der Waals surface area contributed by atoms with Gasteiger partial charge in [-0.25, -0.2) is 0 Å². The number of carbonyl (C=O) groups is 1.